The van der Waals surface area contributed by atoms with E-state index in [1.165, 1.54) is 0 Å². The fourth-order valence-electron chi connectivity index (χ4n) is 2.22. The highest BCUT2D eigenvalue weighted by Gasteiger charge is 2.18. The second-order valence-corrected chi connectivity index (χ2v) is 5.43. The van der Waals surface area contributed by atoms with Gasteiger partial charge in [0, 0.05) is 12.1 Å². The number of hydrogen-bond donors (Lipinski definition) is 2. The lowest BCUT2D eigenvalue weighted by atomic mass is 10.1. The number of amides is 2. The Balaban J connectivity index is 1.91. The average Bonchev–Trinajstić information content (AvgIpc) is 2.44. The molecule has 1 aromatic rings. The van der Waals surface area contributed by atoms with E-state index in [2.05, 4.69) is 22.6 Å². The summed E-state index contributed by atoms with van der Waals surface area (Å²) in [6.07, 6.45) is 1.94. The predicted molar refractivity (Wildman–Crippen MR) is 80.7 cm³/mol. The van der Waals surface area contributed by atoms with Crippen molar-refractivity contribution in [3.63, 3.8) is 0 Å². The van der Waals surface area contributed by atoms with Gasteiger partial charge in [-0.15, -0.1) is 0 Å². The lowest BCUT2D eigenvalue weighted by Crippen LogP contribution is -2.44. The van der Waals surface area contributed by atoms with E-state index in [0.29, 0.717) is 16.5 Å². The lowest BCUT2D eigenvalue weighted by Gasteiger charge is -2.29. The molecule has 2 amide bonds. The molecule has 0 spiro atoms. The molecule has 1 fully saturated rings. The largest absolute Gasteiger partial charge is 0.497 e. The van der Waals surface area contributed by atoms with Crippen molar-refractivity contribution in [1.82, 2.24) is 10.2 Å². The number of benzene rings is 1. The highest BCUT2D eigenvalue weighted by molar-refractivity contribution is 6.33. The molecule has 0 unspecified atom stereocenters. The molecule has 6 heteroatoms. The summed E-state index contributed by atoms with van der Waals surface area (Å²) in [5, 5.41) is 6.23. The van der Waals surface area contributed by atoms with Crippen LogP contribution in [0.25, 0.3) is 0 Å². The first-order valence-electron chi connectivity index (χ1n) is 6.68. The Hall–Kier alpha value is -1.46. The van der Waals surface area contributed by atoms with Crippen molar-refractivity contribution in [3.8, 4) is 5.75 Å². The van der Waals surface area contributed by atoms with Gasteiger partial charge in [0.05, 0.1) is 17.8 Å². The number of hydrogen-bond acceptors (Lipinski definition) is 3. The summed E-state index contributed by atoms with van der Waals surface area (Å²) in [4.78, 5) is 14.2. The second-order valence-electron chi connectivity index (χ2n) is 5.02. The van der Waals surface area contributed by atoms with Crippen LogP contribution in [0.1, 0.15) is 12.8 Å². The van der Waals surface area contributed by atoms with E-state index in [0.717, 1.165) is 25.9 Å². The Morgan fingerprint density at radius 3 is 2.75 bits per heavy atom. The topological polar surface area (TPSA) is 53.6 Å². The van der Waals surface area contributed by atoms with Crippen molar-refractivity contribution >= 4 is 23.3 Å². The van der Waals surface area contributed by atoms with E-state index < -0.39 is 0 Å². The van der Waals surface area contributed by atoms with Gasteiger partial charge in [-0.3, -0.25) is 0 Å². The van der Waals surface area contributed by atoms with Crippen molar-refractivity contribution in [2.24, 2.45) is 0 Å². The van der Waals surface area contributed by atoms with E-state index in [1.54, 1.807) is 25.3 Å². The number of piperidine rings is 1. The molecule has 0 aliphatic carbocycles. The number of ether oxygens (including phenoxy) is 1. The minimum absolute atomic E-state index is 0.218. The summed E-state index contributed by atoms with van der Waals surface area (Å²) in [7, 11) is 3.66. The van der Waals surface area contributed by atoms with E-state index in [4.69, 9.17) is 16.3 Å². The van der Waals surface area contributed by atoms with E-state index in [-0.39, 0.29) is 12.1 Å². The first-order chi connectivity index (χ1) is 9.58. The normalized spacial score (nSPS) is 16.8. The quantitative estimate of drug-likeness (QED) is 0.901. The lowest BCUT2D eigenvalue weighted by molar-refractivity contribution is 0.221. The molecular formula is C14H20ClN3O2. The summed E-state index contributed by atoms with van der Waals surface area (Å²) in [6, 6.07) is 5.15. The fourth-order valence-corrected chi connectivity index (χ4v) is 2.39. The highest BCUT2D eigenvalue weighted by Crippen LogP contribution is 2.26. The smallest absolute Gasteiger partial charge is 0.319 e. The zero-order valence-corrected chi connectivity index (χ0v) is 12.5. The Labute approximate surface area is 124 Å². The van der Waals surface area contributed by atoms with Crippen molar-refractivity contribution < 1.29 is 9.53 Å². The predicted octanol–water partition coefficient (Wildman–Crippen LogP) is 2.56. The molecule has 1 aliphatic rings. The van der Waals surface area contributed by atoms with Gasteiger partial charge in [-0.1, -0.05) is 11.6 Å². The number of likely N-dealkylation sites (tertiary alicyclic amines) is 1. The molecule has 1 heterocycles. The SMILES string of the molecule is COc1ccc(Cl)c(NC(=O)NC2CCN(C)CC2)c1. The Kier molecular flexibility index (Phi) is 5.09. The molecular weight excluding hydrogens is 278 g/mol. The van der Waals surface area contributed by atoms with Gasteiger partial charge >= 0.3 is 6.03 Å². The Morgan fingerprint density at radius 2 is 2.10 bits per heavy atom. The van der Waals surface area contributed by atoms with Gasteiger partial charge in [-0.2, -0.15) is 0 Å². The monoisotopic (exact) mass is 297 g/mol. The summed E-state index contributed by atoms with van der Waals surface area (Å²) in [5.41, 5.74) is 0.552. The third-order valence-electron chi connectivity index (χ3n) is 3.48. The van der Waals surface area contributed by atoms with E-state index in [1.807, 2.05) is 0 Å². The summed E-state index contributed by atoms with van der Waals surface area (Å²) < 4.78 is 5.12. The van der Waals surface area contributed by atoms with Crippen molar-refractivity contribution in [3.05, 3.63) is 23.2 Å². The fraction of sp³-hybridized carbons (Fsp3) is 0.500. The molecule has 20 heavy (non-hydrogen) atoms. The first-order valence-corrected chi connectivity index (χ1v) is 7.06. The molecule has 5 nitrogen and oxygen atoms in total. The van der Waals surface area contributed by atoms with Crippen LogP contribution in [0.3, 0.4) is 0 Å². The van der Waals surface area contributed by atoms with Crippen molar-refractivity contribution in [1.29, 1.82) is 0 Å². The number of anilines is 1. The van der Waals surface area contributed by atoms with Crippen LogP contribution >= 0.6 is 11.6 Å². The average molecular weight is 298 g/mol. The third-order valence-corrected chi connectivity index (χ3v) is 3.81. The van der Waals surface area contributed by atoms with Gasteiger partial charge < -0.3 is 20.3 Å². The van der Waals surface area contributed by atoms with Crippen LogP contribution in [0.15, 0.2) is 18.2 Å². The maximum atomic E-state index is 12.0. The molecule has 0 atom stereocenters. The summed E-state index contributed by atoms with van der Waals surface area (Å²) in [6.45, 7) is 2.01. The maximum Gasteiger partial charge on any atom is 0.319 e. The Bertz CT molecular complexity index is 473. The molecule has 0 saturated carbocycles. The van der Waals surface area contributed by atoms with Gasteiger partial charge in [0.1, 0.15) is 5.75 Å². The molecule has 1 aromatic carbocycles. The van der Waals surface area contributed by atoms with Crippen molar-refractivity contribution in [2.75, 3.05) is 32.6 Å². The zero-order chi connectivity index (χ0) is 14.5. The molecule has 0 radical (unpaired) electrons. The molecule has 2 N–H and O–H groups in total. The second kappa shape index (κ2) is 6.81. The van der Waals surface area contributed by atoms with Gasteiger partial charge in [0.15, 0.2) is 0 Å². The van der Waals surface area contributed by atoms with Crippen LogP contribution in [0.4, 0.5) is 10.5 Å². The molecule has 1 aliphatic heterocycles. The summed E-state index contributed by atoms with van der Waals surface area (Å²) in [5.74, 6) is 0.656. The highest BCUT2D eigenvalue weighted by atomic mass is 35.5. The van der Waals surface area contributed by atoms with Gasteiger partial charge in [0.25, 0.3) is 0 Å². The molecule has 2 rings (SSSR count). The number of rotatable bonds is 3. The van der Waals surface area contributed by atoms with Crippen LogP contribution in [-0.4, -0.2) is 44.2 Å². The van der Waals surface area contributed by atoms with Crippen molar-refractivity contribution in [2.45, 2.75) is 18.9 Å². The van der Waals surface area contributed by atoms with E-state index >= 15 is 0 Å². The first kappa shape index (κ1) is 14.9. The zero-order valence-electron chi connectivity index (χ0n) is 11.8. The number of halogens is 1. The van der Waals surface area contributed by atoms with Crippen LogP contribution in [0.2, 0.25) is 5.02 Å². The van der Waals surface area contributed by atoms with Gasteiger partial charge in [-0.25, -0.2) is 4.79 Å². The summed E-state index contributed by atoms with van der Waals surface area (Å²) >= 11 is 6.05. The standard InChI is InChI=1S/C14H20ClN3O2/c1-18-7-5-10(6-8-18)16-14(19)17-13-9-11(20-2)3-4-12(13)15/h3-4,9-10H,5-8H2,1-2H3,(H2,16,17,19). The van der Waals surface area contributed by atoms with Crippen LogP contribution in [-0.2, 0) is 0 Å². The Morgan fingerprint density at radius 1 is 1.40 bits per heavy atom. The number of methoxy groups -OCH3 is 1. The number of nitrogens with zero attached hydrogens (tertiary/aromatic N) is 1. The maximum absolute atomic E-state index is 12.0. The molecule has 1 saturated heterocycles. The van der Waals surface area contributed by atoms with Crippen LogP contribution in [0.5, 0.6) is 5.75 Å². The minimum atomic E-state index is -0.227. The number of nitrogens with one attached hydrogen (secondary N) is 2. The third kappa shape index (κ3) is 4.02. The van der Waals surface area contributed by atoms with Crippen LogP contribution < -0.4 is 15.4 Å². The molecule has 110 valence electrons. The number of carbonyl (C=O) groups is 1. The van der Waals surface area contributed by atoms with Gasteiger partial charge in [-0.05, 0) is 45.1 Å². The number of urea groups is 1. The van der Waals surface area contributed by atoms with Crippen LogP contribution in [0, 0.1) is 0 Å². The molecule has 0 bridgehead atoms. The van der Waals surface area contributed by atoms with E-state index in [9.17, 15) is 4.79 Å². The number of carbonyl (C=O) groups excluding carboxylic acids is 1. The molecule has 0 aromatic heterocycles. The van der Waals surface area contributed by atoms with Gasteiger partial charge in [0.2, 0.25) is 0 Å². The minimum Gasteiger partial charge on any atom is -0.497 e.